The zero-order valence-corrected chi connectivity index (χ0v) is 10.6. The number of carbonyl (C=O) groups excluding carboxylic acids is 2. The molecule has 6 heteroatoms. The molecule has 1 fully saturated rings. The highest BCUT2D eigenvalue weighted by atomic mass is 79.9. The quantitative estimate of drug-likeness (QED) is 0.749. The van der Waals surface area contributed by atoms with Gasteiger partial charge in [0.05, 0.1) is 5.69 Å². The topological polar surface area (TPSA) is 46.6 Å². The highest BCUT2D eigenvalue weighted by Crippen LogP contribution is 2.33. The Kier molecular flexibility index (Phi) is 2.67. The number of nitrogens with zero attached hydrogens (tertiary/aromatic N) is 1. The molecule has 0 spiro atoms. The number of alkyl halides is 1. The van der Waals surface area contributed by atoms with Crippen LogP contribution >= 0.6 is 27.5 Å². The van der Waals surface area contributed by atoms with E-state index in [2.05, 4.69) is 15.9 Å². The Balaban J connectivity index is 2.39. The van der Waals surface area contributed by atoms with Crippen molar-refractivity contribution in [3.8, 4) is 0 Å². The van der Waals surface area contributed by atoms with Gasteiger partial charge < -0.3 is 4.74 Å². The van der Waals surface area contributed by atoms with Crippen molar-refractivity contribution in [2.45, 2.75) is 11.4 Å². The van der Waals surface area contributed by atoms with Crippen molar-refractivity contribution in [2.75, 3.05) is 4.90 Å². The molecule has 4 nitrogen and oxygen atoms in total. The first-order chi connectivity index (χ1) is 7.42. The lowest BCUT2D eigenvalue weighted by Crippen LogP contribution is -2.34. The van der Waals surface area contributed by atoms with Crippen LogP contribution in [0, 0.1) is 0 Å². The number of carbonyl (C=O) groups is 2. The summed E-state index contributed by atoms with van der Waals surface area (Å²) in [5.74, 6) is -0.458. The lowest BCUT2D eigenvalue weighted by Gasteiger charge is -2.12. The fraction of sp³-hybridized carbons (Fsp3) is 0.200. The van der Waals surface area contributed by atoms with Crippen LogP contribution in [0.1, 0.15) is 6.92 Å². The predicted octanol–water partition coefficient (Wildman–Crippen LogP) is 2.93. The molecule has 0 radical (unpaired) electrons. The third-order valence-corrected chi connectivity index (χ3v) is 2.88. The molecule has 1 aromatic rings. The number of benzene rings is 1. The molecule has 2 amide bonds. The van der Waals surface area contributed by atoms with Gasteiger partial charge in [-0.2, -0.15) is 0 Å². The van der Waals surface area contributed by atoms with Gasteiger partial charge in [0.25, 0.3) is 5.91 Å². The molecule has 1 atom stereocenters. The molecule has 84 valence electrons. The van der Waals surface area contributed by atoms with Crippen LogP contribution in [-0.2, 0) is 9.53 Å². The van der Waals surface area contributed by atoms with Crippen LogP contribution in [0.4, 0.5) is 10.5 Å². The van der Waals surface area contributed by atoms with Gasteiger partial charge in [-0.3, -0.25) is 4.79 Å². The summed E-state index contributed by atoms with van der Waals surface area (Å²) in [6, 6.07) is 6.36. The summed E-state index contributed by atoms with van der Waals surface area (Å²) >= 11 is 8.76. The normalized spacial score (nSPS) is 24.8. The van der Waals surface area contributed by atoms with Gasteiger partial charge in [-0.05, 0) is 47.1 Å². The predicted molar refractivity (Wildman–Crippen MR) is 62.8 cm³/mol. The van der Waals surface area contributed by atoms with Crippen LogP contribution in [0.25, 0.3) is 0 Å². The number of anilines is 1. The Hall–Kier alpha value is -1.07. The van der Waals surface area contributed by atoms with E-state index in [4.69, 9.17) is 16.3 Å². The Labute approximate surface area is 105 Å². The van der Waals surface area contributed by atoms with E-state index in [-0.39, 0.29) is 0 Å². The average molecular weight is 305 g/mol. The number of rotatable bonds is 1. The lowest BCUT2D eigenvalue weighted by molar-refractivity contribution is -0.122. The highest BCUT2D eigenvalue weighted by Gasteiger charge is 2.49. The van der Waals surface area contributed by atoms with Crippen LogP contribution in [-0.4, -0.2) is 16.5 Å². The Morgan fingerprint density at radius 3 is 2.31 bits per heavy atom. The molecule has 1 aromatic carbocycles. The van der Waals surface area contributed by atoms with Gasteiger partial charge in [0.2, 0.25) is 4.51 Å². The molecular formula is C10H7BrClNO3. The smallest absolute Gasteiger partial charge is 0.421 e. The zero-order chi connectivity index (χ0) is 11.9. The van der Waals surface area contributed by atoms with Crippen LogP contribution < -0.4 is 4.90 Å². The molecule has 0 aromatic heterocycles. The van der Waals surface area contributed by atoms with Crippen molar-refractivity contribution >= 4 is 45.2 Å². The maximum Gasteiger partial charge on any atom is 0.423 e. The van der Waals surface area contributed by atoms with E-state index in [1.807, 2.05) is 0 Å². The summed E-state index contributed by atoms with van der Waals surface area (Å²) in [6.45, 7) is 1.48. The fourth-order valence-electron chi connectivity index (χ4n) is 1.35. The molecule has 1 saturated heterocycles. The molecule has 0 aliphatic carbocycles. The number of imide groups is 1. The van der Waals surface area contributed by atoms with E-state index < -0.39 is 16.5 Å². The third kappa shape index (κ3) is 1.81. The standard InChI is InChI=1S/C10H7BrClNO3/c1-10(11)8(14)13(9(15)16-10)7-4-2-6(12)3-5-7/h2-5H,1H3. The van der Waals surface area contributed by atoms with Crippen LogP contribution in [0.2, 0.25) is 5.02 Å². The van der Waals surface area contributed by atoms with Crippen molar-refractivity contribution in [3.05, 3.63) is 29.3 Å². The Morgan fingerprint density at radius 2 is 1.88 bits per heavy atom. The Bertz CT molecular complexity index is 458. The van der Waals surface area contributed by atoms with Crippen LogP contribution in [0.5, 0.6) is 0 Å². The number of cyclic esters (lactones) is 1. The van der Waals surface area contributed by atoms with Gasteiger partial charge in [-0.1, -0.05) is 11.6 Å². The van der Waals surface area contributed by atoms with Gasteiger partial charge in [0, 0.05) is 5.02 Å². The monoisotopic (exact) mass is 303 g/mol. The first kappa shape index (κ1) is 11.4. The number of halogens is 2. The molecule has 1 aliphatic heterocycles. The maximum atomic E-state index is 11.8. The average Bonchev–Trinajstić information content (AvgIpc) is 2.39. The van der Waals surface area contributed by atoms with Crippen molar-refractivity contribution in [1.82, 2.24) is 0 Å². The number of ether oxygens (including phenoxy) is 1. The number of amides is 2. The molecule has 0 bridgehead atoms. The van der Waals surface area contributed by atoms with E-state index in [0.29, 0.717) is 10.7 Å². The van der Waals surface area contributed by atoms with Crippen molar-refractivity contribution in [2.24, 2.45) is 0 Å². The highest BCUT2D eigenvalue weighted by molar-refractivity contribution is 9.10. The number of hydrogen-bond donors (Lipinski definition) is 0. The lowest BCUT2D eigenvalue weighted by atomic mass is 10.3. The molecule has 0 saturated carbocycles. The van der Waals surface area contributed by atoms with Crippen molar-refractivity contribution < 1.29 is 14.3 Å². The first-order valence-electron chi connectivity index (χ1n) is 4.44. The molecule has 1 unspecified atom stereocenters. The maximum absolute atomic E-state index is 11.8. The summed E-state index contributed by atoms with van der Waals surface area (Å²) in [5.41, 5.74) is 0.433. The third-order valence-electron chi connectivity index (χ3n) is 2.13. The second kappa shape index (κ2) is 3.75. The molecule has 1 heterocycles. The largest absolute Gasteiger partial charge is 0.423 e. The SMILES string of the molecule is CC1(Br)OC(=O)N(c2ccc(Cl)cc2)C1=O. The Morgan fingerprint density at radius 1 is 1.31 bits per heavy atom. The fourth-order valence-corrected chi connectivity index (χ4v) is 1.79. The van der Waals surface area contributed by atoms with Gasteiger partial charge in [-0.15, -0.1) is 0 Å². The van der Waals surface area contributed by atoms with Crippen LogP contribution in [0.15, 0.2) is 24.3 Å². The minimum absolute atomic E-state index is 0.433. The van der Waals surface area contributed by atoms with Crippen molar-refractivity contribution in [1.29, 1.82) is 0 Å². The van der Waals surface area contributed by atoms with E-state index in [1.165, 1.54) is 6.92 Å². The molecular weight excluding hydrogens is 297 g/mol. The summed E-state index contributed by atoms with van der Waals surface area (Å²) in [6.07, 6.45) is -0.702. The first-order valence-corrected chi connectivity index (χ1v) is 5.61. The number of hydrogen-bond acceptors (Lipinski definition) is 3. The van der Waals surface area contributed by atoms with Gasteiger partial charge in [0.15, 0.2) is 0 Å². The molecule has 16 heavy (non-hydrogen) atoms. The van der Waals surface area contributed by atoms with Gasteiger partial charge in [-0.25, -0.2) is 9.69 Å². The molecule has 2 rings (SSSR count). The second-order valence-corrected chi connectivity index (χ2v) is 5.35. The van der Waals surface area contributed by atoms with E-state index >= 15 is 0 Å². The summed E-state index contributed by atoms with van der Waals surface area (Å²) in [4.78, 5) is 24.3. The van der Waals surface area contributed by atoms with Gasteiger partial charge in [0.1, 0.15) is 0 Å². The zero-order valence-electron chi connectivity index (χ0n) is 8.24. The van der Waals surface area contributed by atoms with E-state index in [9.17, 15) is 9.59 Å². The molecule has 1 aliphatic rings. The van der Waals surface area contributed by atoms with E-state index in [1.54, 1.807) is 24.3 Å². The van der Waals surface area contributed by atoms with Crippen LogP contribution in [0.3, 0.4) is 0 Å². The molecule has 0 N–H and O–H groups in total. The minimum Gasteiger partial charge on any atom is -0.421 e. The second-order valence-electron chi connectivity index (χ2n) is 3.40. The van der Waals surface area contributed by atoms with E-state index in [0.717, 1.165) is 4.90 Å². The summed E-state index contributed by atoms with van der Waals surface area (Å²) in [5, 5.41) is 0.533. The summed E-state index contributed by atoms with van der Waals surface area (Å²) in [7, 11) is 0. The van der Waals surface area contributed by atoms with Gasteiger partial charge >= 0.3 is 6.09 Å². The summed E-state index contributed by atoms with van der Waals surface area (Å²) < 4.78 is 3.59. The minimum atomic E-state index is -1.29. The van der Waals surface area contributed by atoms with Crippen molar-refractivity contribution in [3.63, 3.8) is 0 Å².